The Labute approximate surface area is 128 Å². The van der Waals surface area contributed by atoms with Gasteiger partial charge >= 0.3 is 0 Å². The molecule has 0 saturated heterocycles. The molecule has 1 saturated carbocycles. The van der Waals surface area contributed by atoms with E-state index in [0.717, 1.165) is 5.52 Å². The predicted molar refractivity (Wildman–Crippen MR) is 77.7 cm³/mol. The topological polar surface area (TPSA) is 58.3 Å². The summed E-state index contributed by atoms with van der Waals surface area (Å²) in [5, 5.41) is 20.6. The highest BCUT2D eigenvalue weighted by Gasteiger charge is 2.36. The fourth-order valence-electron chi connectivity index (χ4n) is 2.60. The molecule has 0 bridgehead atoms. The minimum absolute atomic E-state index is 0.216. The number of nitrogens with zero attached hydrogens (tertiary/aromatic N) is 2. The average Bonchev–Trinajstić information content (AvgIpc) is 2.82. The second-order valence-corrected chi connectivity index (χ2v) is 6.23. The highest BCUT2D eigenvalue weighted by molar-refractivity contribution is 9.10. The van der Waals surface area contributed by atoms with Crippen molar-refractivity contribution in [3.05, 3.63) is 26.9 Å². The van der Waals surface area contributed by atoms with Gasteiger partial charge < -0.3 is 14.8 Å². The van der Waals surface area contributed by atoms with E-state index in [4.69, 9.17) is 23.2 Å². The summed E-state index contributed by atoms with van der Waals surface area (Å²) < 4.78 is 2.46. The van der Waals surface area contributed by atoms with Crippen LogP contribution in [0.3, 0.4) is 0 Å². The number of benzene rings is 1. The number of rotatable bonds is 1. The van der Waals surface area contributed by atoms with E-state index >= 15 is 0 Å². The zero-order valence-corrected chi connectivity index (χ0v) is 12.8. The summed E-state index contributed by atoms with van der Waals surface area (Å²) in [5.74, 6) is 0. The molecule has 2 unspecified atom stereocenters. The molecule has 0 spiro atoms. The van der Waals surface area contributed by atoms with Gasteiger partial charge in [0.1, 0.15) is 6.10 Å². The lowest BCUT2D eigenvalue weighted by atomic mass is 10.2. The van der Waals surface area contributed by atoms with Gasteiger partial charge in [-0.3, -0.25) is 0 Å². The molecule has 0 amide bonds. The van der Waals surface area contributed by atoms with Crippen molar-refractivity contribution in [2.75, 3.05) is 0 Å². The number of aliphatic hydroxyl groups is 2. The second-order valence-electron chi connectivity index (χ2n) is 4.71. The molecule has 1 fully saturated rings. The van der Waals surface area contributed by atoms with E-state index in [-0.39, 0.29) is 6.04 Å². The lowest BCUT2D eigenvalue weighted by molar-refractivity contribution is 0.0238. The molecule has 1 aliphatic carbocycles. The number of imidazole rings is 1. The average molecular weight is 366 g/mol. The summed E-state index contributed by atoms with van der Waals surface area (Å²) in [5.41, 5.74) is 1.49. The van der Waals surface area contributed by atoms with Crippen LogP contribution in [0.15, 0.2) is 16.9 Å². The Morgan fingerprint density at radius 3 is 2.53 bits per heavy atom. The third kappa shape index (κ3) is 2.17. The molecular formula is C12H11BrCl2N2O2. The maximum Gasteiger partial charge on any atom is 0.178 e. The van der Waals surface area contributed by atoms with Gasteiger partial charge in [-0.25, -0.2) is 4.98 Å². The number of aromatic nitrogens is 2. The summed E-state index contributed by atoms with van der Waals surface area (Å²) >= 11 is 15.4. The van der Waals surface area contributed by atoms with E-state index in [1.54, 1.807) is 12.1 Å². The first kappa shape index (κ1) is 13.6. The highest BCUT2D eigenvalue weighted by Crippen LogP contribution is 2.37. The predicted octanol–water partition coefficient (Wildman–Crippen LogP) is 3.16. The molecule has 1 aliphatic rings. The molecule has 1 aromatic carbocycles. The summed E-state index contributed by atoms with van der Waals surface area (Å²) in [6, 6.07) is 3.21. The van der Waals surface area contributed by atoms with E-state index in [1.165, 1.54) is 0 Å². The number of hydrogen-bond donors (Lipinski definition) is 2. The van der Waals surface area contributed by atoms with Crippen LogP contribution in [0.2, 0.25) is 10.0 Å². The summed E-state index contributed by atoms with van der Waals surface area (Å²) in [6.07, 6.45) is -0.244. The van der Waals surface area contributed by atoms with E-state index in [9.17, 15) is 10.2 Å². The van der Waals surface area contributed by atoms with Crippen LogP contribution >= 0.6 is 39.1 Å². The van der Waals surface area contributed by atoms with Crippen LogP contribution in [-0.4, -0.2) is 32.0 Å². The largest absolute Gasteiger partial charge is 0.390 e. The maximum atomic E-state index is 10.1. The normalized spacial score (nSPS) is 27.3. The first-order valence-corrected chi connectivity index (χ1v) is 7.42. The van der Waals surface area contributed by atoms with Gasteiger partial charge in [0, 0.05) is 0 Å². The van der Waals surface area contributed by atoms with E-state index < -0.39 is 12.2 Å². The summed E-state index contributed by atoms with van der Waals surface area (Å²) in [4.78, 5) is 4.36. The lowest BCUT2D eigenvalue weighted by Gasteiger charge is -2.19. The van der Waals surface area contributed by atoms with E-state index in [1.807, 2.05) is 4.57 Å². The van der Waals surface area contributed by atoms with Crippen LogP contribution in [0.1, 0.15) is 18.9 Å². The molecule has 102 valence electrons. The van der Waals surface area contributed by atoms with Crippen LogP contribution in [0.4, 0.5) is 0 Å². The van der Waals surface area contributed by atoms with Crippen molar-refractivity contribution >= 4 is 50.2 Å². The minimum atomic E-state index is -0.803. The van der Waals surface area contributed by atoms with Crippen LogP contribution in [0.5, 0.6) is 0 Å². The van der Waals surface area contributed by atoms with Crippen LogP contribution in [0.25, 0.3) is 11.0 Å². The molecule has 3 atom stereocenters. The second kappa shape index (κ2) is 4.90. The third-order valence-corrected chi connectivity index (χ3v) is 4.85. The highest BCUT2D eigenvalue weighted by atomic mass is 79.9. The fraction of sp³-hybridized carbons (Fsp3) is 0.417. The van der Waals surface area contributed by atoms with Gasteiger partial charge in [0.15, 0.2) is 4.73 Å². The minimum Gasteiger partial charge on any atom is -0.390 e. The molecular weight excluding hydrogens is 355 g/mol. The Balaban J connectivity index is 2.18. The number of aliphatic hydroxyl groups excluding tert-OH is 2. The zero-order valence-electron chi connectivity index (χ0n) is 9.72. The van der Waals surface area contributed by atoms with Gasteiger partial charge in [-0.2, -0.15) is 0 Å². The Bertz CT molecular complexity index is 646. The van der Waals surface area contributed by atoms with Crippen molar-refractivity contribution in [2.24, 2.45) is 0 Å². The van der Waals surface area contributed by atoms with E-state index in [0.29, 0.717) is 33.1 Å². The fourth-order valence-corrected chi connectivity index (χ4v) is 3.56. The van der Waals surface area contributed by atoms with Crippen molar-refractivity contribution in [3.63, 3.8) is 0 Å². The molecule has 7 heteroatoms. The van der Waals surface area contributed by atoms with Crippen molar-refractivity contribution < 1.29 is 10.2 Å². The van der Waals surface area contributed by atoms with Crippen LogP contribution in [-0.2, 0) is 0 Å². The van der Waals surface area contributed by atoms with Gasteiger partial charge in [-0.1, -0.05) is 23.2 Å². The smallest absolute Gasteiger partial charge is 0.178 e. The zero-order chi connectivity index (χ0) is 13.7. The van der Waals surface area contributed by atoms with Crippen molar-refractivity contribution in [1.29, 1.82) is 0 Å². The van der Waals surface area contributed by atoms with Crippen LogP contribution < -0.4 is 0 Å². The molecule has 4 nitrogen and oxygen atoms in total. The molecule has 2 N–H and O–H groups in total. The van der Waals surface area contributed by atoms with E-state index in [2.05, 4.69) is 20.9 Å². The monoisotopic (exact) mass is 364 g/mol. The Morgan fingerprint density at radius 1 is 1.21 bits per heavy atom. The lowest BCUT2D eigenvalue weighted by Crippen LogP contribution is -2.27. The molecule has 0 aliphatic heterocycles. The molecule has 1 heterocycles. The van der Waals surface area contributed by atoms with Crippen molar-refractivity contribution in [1.82, 2.24) is 9.55 Å². The van der Waals surface area contributed by atoms with Gasteiger partial charge in [-0.15, -0.1) is 0 Å². The molecule has 2 aromatic rings. The van der Waals surface area contributed by atoms with Gasteiger partial charge in [0.2, 0.25) is 0 Å². The first-order valence-electron chi connectivity index (χ1n) is 5.87. The van der Waals surface area contributed by atoms with Gasteiger partial charge in [0.05, 0.1) is 33.2 Å². The maximum absolute atomic E-state index is 10.1. The first-order chi connectivity index (χ1) is 8.99. The number of hydrogen-bond acceptors (Lipinski definition) is 3. The Morgan fingerprint density at radius 2 is 1.89 bits per heavy atom. The summed E-state index contributed by atoms with van der Waals surface area (Å²) in [6.45, 7) is 0. The standard InChI is InChI=1S/C12H11BrCl2N2O2/c13-12-16-7-3-5(14)6(15)4-9(7)17(12)8-1-2-10(18)11(8)19/h3-4,8,10-11,18-19H,1-2H2/t8-,10?,11?/m1/s1. The van der Waals surface area contributed by atoms with Gasteiger partial charge in [-0.05, 0) is 40.9 Å². The van der Waals surface area contributed by atoms with Crippen molar-refractivity contribution in [2.45, 2.75) is 31.1 Å². The quantitative estimate of drug-likeness (QED) is 0.816. The molecule has 0 radical (unpaired) electrons. The molecule has 19 heavy (non-hydrogen) atoms. The Hall–Kier alpha value is -0.330. The number of fused-ring (bicyclic) bond motifs is 1. The summed E-state index contributed by atoms with van der Waals surface area (Å²) in [7, 11) is 0. The van der Waals surface area contributed by atoms with Crippen molar-refractivity contribution in [3.8, 4) is 0 Å². The third-order valence-electron chi connectivity index (χ3n) is 3.57. The van der Waals surface area contributed by atoms with Gasteiger partial charge in [0.25, 0.3) is 0 Å². The SMILES string of the molecule is OC1CC[C@@H](n2c(Br)nc3cc(Cl)c(Cl)cc32)C1O. The molecule has 1 aromatic heterocycles. The Kier molecular flexibility index (Phi) is 3.52. The number of halogens is 3. The molecule has 3 rings (SSSR count). The van der Waals surface area contributed by atoms with Crippen LogP contribution in [0, 0.1) is 0 Å².